The molecule has 0 rings (SSSR count). The largest absolute Gasteiger partial charge is 1.00 e. The Bertz CT molecular complexity index is 45.4. The average Bonchev–Trinajstić information content (AvgIpc) is 1.89. The van der Waals surface area contributed by atoms with Crippen molar-refractivity contribution < 1.29 is 48.0 Å². The normalized spacial score (nSPS) is 8.27. The molecule has 0 saturated heterocycles. The molecule has 0 unspecified atom stereocenters. The van der Waals surface area contributed by atoms with Gasteiger partial charge in [-0.1, -0.05) is 0 Å². The van der Waals surface area contributed by atoms with Crippen molar-refractivity contribution in [2.75, 3.05) is 0 Å². The zero-order valence-electron chi connectivity index (χ0n) is 7.28. The molecule has 0 radical (unpaired) electrons. The predicted molar refractivity (Wildman–Crippen MR) is 43.9 cm³/mol. The SMILES string of the molecule is CCCCCCC[CH2][Al+2].[I-].[I-]. The third-order valence-electron chi connectivity index (χ3n) is 1.56. The first-order valence-corrected chi connectivity index (χ1v) is 4.93. The van der Waals surface area contributed by atoms with E-state index in [4.69, 9.17) is 0 Å². The molecule has 0 fully saturated rings. The molecule has 0 nitrogen and oxygen atoms in total. The van der Waals surface area contributed by atoms with Crippen molar-refractivity contribution >= 4 is 16.3 Å². The Morgan fingerprint density at radius 1 is 0.818 bits per heavy atom. The molecule has 0 aliphatic heterocycles. The molecule has 0 N–H and O–H groups in total. The van der Waals surface area contributed by atoms with Crippen LogP contribution in [0.1, 0.15) is 45.4 Å². The Hall–Kier alpha value is 1.99. The summed E-state index contributed by atoms with van der Waals surface area (Å²) in [5, 5.41) is 1.28. The Labute approximate surface area is 114 Å². The zero-order valence-corrected chi connectivity index (χ0v) is 12.8. The minimum atomic E-state index is 0. The van der Waals surface area contributed by atoms with Crippen molar-refractivity contribution in [2.45, 2.75) is 50.7 Å². The molecule has 0 bridgehead atoms. The second kappa shape index (κ2) is 17.9. The van der Waals surface area contributed by atoms with Crippen LogP contribution < -0.4 is 48.0 Å². The van der Waals surface area contributed by atoms with Gasteiger partial charge in [-0.2, -0.15) is 0 Å². The van der Waals surface area contributed by atoms with Gasteiger partial charge in [0.25, 0.3) is 0 Å². The Morgan fingerprint density at radius 2 is 1.27 bits per heavy atom. The molecule has 0 saturated carbocycles. The van der Waals surface area contributed by atoms with Gasteiger partial charge < -0.3 is 48.0 Å². The standard InChI is InChI=1S/C8H17.Al.2HI/c1-3-5-7-8-6-4-2;;;/h1,3-8H2,2H3;;2*1H/q;+2;;/p-2. The summed E-state index contributed by atoms with van der Waals surface area (Å²) < 4.78 is 0. The van der Waals surface area contributed by atoms with E-state index in [1.165, 1.54) is 43.8 Å². The molecule has 0 aromatic carbocycles. The van der Waals surface area contributed by atoms with Crippen LogP contribution in [0.15, 0.2) is 0 Å². The molecule has 0 aromatic heterocycles. The fourth-order valence-electron chi connectivity index (χ4n) is 0.925. The summed E-state index contributed by atoms with van der Waals surface area (Å²) in [7, 11) is 0. The van der Waals surface area contributed by atoms with Crippen molar-refractivity contribution in [3.8, 4) is 0 Å². The summed E-state index contributed by atoms with van der Waals surface area (Å²) in [6, 6.07) is 0. The number of hydrogen-bond donors (Lipinski definition) is 0. The maximum atomic E-state index is 2.78. The van der Waals surface area contributed by atoms with E-state index in [1.54, 1.807) is 0 Å². The van der Waals surface area contributed by atoms with Gasteiger partial charge in [-0.3, -0.25) is 0 Å². The van der Waals surface area contributed by atoms with Crippen molar-refractivity contribution in [1.29, 1.82) is 0 Å². The van der Waals surface area contributed by atoms with E-state index in [0.717, 1.165) is 0 Å². The molecule has 11 heavy (non-hydrogen) atoms. The van der Waals surface area contributed by atoms with Crippen molar-refractivity contribution in [1.82, 2.24) is 0 Å². The minimum absolute atomic E-state index is 0. The summed E-state index contributed by atoms with van der Waals surface area (Å²) in [4.78, 5) is 0. The van der Waals surface area contributed by atoms with Gasteiger partial charge in [-0.05, 0) is 0 Å². The van der Waals surface area contributed by atoms with Crippen LogP contribution >= 0.6 is 0 Å². The van der Waals surface area contributed by atoms with Gasteiger partial charge in [0.15, 0.2) is 0 Å². The van der Waals surface area contributed by atoms with Gasteiger partial charge in [0.05, 0.1) is 0 Å². The quantitative estimate of drug-likeness (QED) is 0.255. The van der Waals surface area contributed by atoms with Crippen molar-refractivity contribution in [2.24, 2.45) is 0 Å². The molecule has 0 aliphatic carbocycles. The summed E-state index contributed by atoms with van der Waals surface area (Å²) >= 11 is 2.78. The number of unbranched alkanes of at least 4 members (excludes halogenated alkanes) is 5. The first-order valence-electron chi connectivity index (χ1n) is 4.12. The van der Waals surface area contributed by atoms with Gasteiger partial charge in [0, 0.05) is 0 Å². The predicted octanol–water partition coefficient (Wildman–Crippen LogP) is -3.06. The topological polar surface area (TPSA) is 0 Å². The third-order valence-corrected chi connectivity index (χ3v) is 1.97. The maximum Gasteiger partial charge on any atom is -1.00 e. The molecule has 66 valence electrons. The van der Waals surface area contributed by atoms with E-state index in [1.807, 2.05) is 0 Å². The summed E-state index contributed by atoms with van der Waals surface area (Å²) in [6.07, 6.45) is 8.51. The van der Waals surface area contributed by atoms with Gasteiger partial charge in [-0.15, -0.1) is 0 Å². The second-order valence-corrected chi connectivity index (χ2v) is 3.13. The molecule has 0 heterocycles. The van der Waals surface area contributed by atoms with Gasteiger partial charge >= 0.3 is 67.0 Å². The van der Waals surface area contributed by atoms with E-state index in [0.29, 0.717) is 0 Å². The fourth-order valence-corrected chi connectivity index (χ4v) is 1.21. The maximum absolute atomic E-state index is 2.78. The van der Waals surface area contributed by atoms with E-state index >= 15 is 0 Å². The zero-order chi connectivity index (χ0) is 6.95. The smallest absolute Gasteiger partial charge is 1.00 e. The Balaban J connectivity index is -0.000000320. The van der Waals surface area contributed by atoms with E-state index < -0.39 is 0 Å². The van der Waals surface area contributed by atoms with Crippen LogP contribution in [0, 0.1) is 0 Å². The van der Waals surface area contributed by atoms with E-state index in [-0.39, 0.29) is 48.0 Å². The molecule has 3 heteroatoms. The van der Waals surface area contributed by atoms with Crippen LogP contribution in [0.4, 0.5) is 0 Å². The summed E-state index contributed by atoms with van der Waals surface area (Å²) in [5.41, 5.74) is 0. The molecule has 0 aromatic rings. The average molecular weight is 394 g/mol. The number of hydrogen-bond acceptors (Lipinski definition) is 0. The number of halogens is 2. The Morgan fingerprint density at radius 3 is 1.73 bits per heavy atom. The number of rotatable bonds is 6. The van der Waals surface area contributed by atoms with Gasteiger partial charge in [-0.25, -0.2) is 0 Å². The first-order chi connectivity index (χ1) is 4.41. The molecule has 0 atom stereocenters. The van der Waals surface area contributed by atoms with E-state index in [2.05, 4.69) is 23.2 Å². The van der Waals surface area contributed by atoms with Crippen LogP contribution in [-0.2, 0) is 0 Å². The molecular formula is C8H17AlI2. The summed E-state index contributed by atoms with van der Waals surface area (Å²) in [5.74, 6) is 0. The van der Waals surface area contributed by atoms with Crippen LogP contribution in [0.3, 0.4) is 0 Å². The second-order valence-electron chi connectivity index (χ2n) is 2.56. The van der Waals surface area contributed by atoms with E-state index in [9.17, 15) is 0 Å². The molecule has 0 amide bonds. The first kappa shape index (κ1) is 18.7. The van der Waals surface area contributed by atoms with Crippen molar-refractivity contribution in [3.05, 3.63) is 0 Å². The van der Waals surface area contributed by atoms with Gasteiger partial charge in [0.2, 0.25) is 0 Å². The van der Waals surface area contributed by atoms with Crippen molar-refractivity contribution in [3.63, 3.8) is 0 Å². The molecular weight excluding hydrogens is 377 g/mol. The third kappa shape index (κ3) is 18.7. The van der Waals surface area contributed by atoms with Crippen LogP contribution in [0.25, 0.3) is 0 Å². The minimum Gasteiger partial charge on any atom is -1.00 e. The molecule has 0 spiro atoms. The van der Waals surface area contributed by atoms with Crippen LogP contribution in [0.5, 0.6) is 0 Å². The van der Waals surface area contributed by atoms with Crippen LogP contribution in [-0.4, -0.2) is 16.3 Å². The monoisotopic (exact) mass is 394 g/mol. The van der Waals surface area contributed by atoms with Gasteiger partial charge in [0.1, 0.15) is 0 Å². The van der Waals surface area contributed by atoms with Crippen LogP contribution in [0.2, 0.25) is 5.28 Å². The fraction of sp³-hybridized carbons (Fsp3) is 1.00. The Kier molecular flexibility index (Phi) is 30.5. The summed E-state index contributed by atoms with van der Waals surface area (Å²) in [6.45, 7) is 2.26. The molecule has 0 aliphatic rings.